The van der Waals surface area contributed by atoms with Crippen LogP contribution in [-0.2, 0) is 11.3 Å². The fourth-order valence-electron chi connectivity index (χ4n) is 2.94. The van der Waals surface area contributed by atoms with Crippen LogP contribution in [0.3, 0.4) is 0 Å². The number of thiophene rings is 1. The van der Waals surface area contributed by atoms with Crippen LogP contribution in [-0.4, -0.2) is 5.91 Å². The Hall–Kier alpha value is -2.36. The van der Waals surface area contributed by atoms with E-state index >= 15 is 0 Å². The van der Waals surface area contributed by atoms with Crippen molar-refractivity contribution in [2.24, 2.45) is 0 Å². The highest BCUT2D eigenvalue weighted by Gasteiger charge is 2.34. The van der Waals surface area contributed by atoms with Crippen LogP contribution in [0.2, 0.25) is 0 Å². The summed E-state index contributed by atoms with van der Waals surface area (Å²) < 4.78 is 0. The summed E-state index contributed by atoms with van der Waals surface area (Å²) in [5, 5.41) is 2.49. The summed E-state index contributed by atoms with van der Waals surface area (Å²) in [6.07, 6.45) is 0. The summed E-state index contributed by atoms with van der Waals surface area (Å²) in [7, 11) is 0. The van der Waals surface area contributed by atoms with Gasteiger partial charge in [-0.05, 0) is 23.1 Å². The molecule has 0 N–H and O–H groups in total. The van der Waals surface area contributed by atoms with Crippen LogP contribution >= 0.6 is 22.9 Å². The molecule has 1 amide bonds. The van der Waals surface area contributed by atoms with Crippen LogP contribution in [0.15, 0.2) is 72.1 Å². The molecule has 2 aromatic carbocycles. The normalized spacial score (nSPS) is 15.5. The Kier molecular flexibility index (Phi) is 3.97. The molecular formula is C20H14ClNOS. The average molecular weight is 352 g/mol. The SMILES string of the molecule is O=C1/C(=C(\Cl)c2cccs2)c2ccccc2N1Cc1ccccc1. The predicted molar refractivity (Wildman–Crippen MR) is 101 cm³/mol. The Morgan fingerprint density at radius 1 is 0.958 bits per heavy atom. The number of fused-ring (bicyclic) bond motifs is 1. The van der Waals surface area contributed by atoms with Crippen molar-refractivity contribution in [3.05, 3.63) is 88.1 Å². The van der Waals surface area contributed by atoms with Gasteiger partial charge in [-0.3, -0.25) is 4.79 Å². The molecule has 0 saturated heterocycles. The first-order valence-electron chi connectivity index (χ1n) is 7.64. The Morgan fingerprint density at radius 2 is 1.71 bits per heavy atom. The van der Waals surface area contributed by atoms with E-state index < -0.39 is 0 Å². The van der Waals surface area contributed by atoms with Crippen LogP contribution in [0, 0.1) is 0 Å². The van der Waals surface area contributed by atoms with E-state index in [-0.39, 0.29) is 5.91 Å². The number of anilines is 1. The topological polar surface area (TPSA) is 20.3 Å². The lowest BCUT2D eigenvalue weighted by Gasteiger charge is -2.17. The minimum atomic E-state index is -0.0431. The number of para-hydroxylation sites is 1. The monoisotopic (exact) mass is 351 g/mol. The highest BCUT2D eigenvalue weighted by Crippen LogP contribution is 2.43. The maximum Gasteiger partial charge on any atom is 0.260 e. The second-order valence-electron chi connectivity index (χ2n) is 5.56. The summed E-state index contributed by atoms with van der Waals surface area (Å²) in [4.78, 5) is 15.8. The lowest BCUT2D eigenvalue weighted by molar-refractivity contribution is -0.113. The number of benzene rings is 2. The van der Waals surface area contributed by atoms with Gasteiger partial charge in [-0.1, -0.05) is 66.2 Å². The zero-order valence-electron chi connectivity index (χ0n) is 12.8. The number of rotatable bonds is 3. The van der Waals surface area contributed by atoms with E-state index in [1.165, 1.54) is 11.3 Å². The first-order chi connectivity index (χ1) is 11.8. The molecule has 0 radical (unpaired) electrons. The van der Waals surface area contributed by atoms with Gasteiger partial charge in [0, 0.05) is 10.4 Å². The van der Waals surface area contributed by atoms with Crippen molar-refractivity contribution in [2.45, 2.75) is 6.54 Å². The fraction of sp³-hybridized carbons (Fsp3) is 0.0500. The van der Waals surface area contributed by atoms with E-state index in [4.69, 9.17) is 11.6 Å². The third-order valence-corrected chi connectivity index (χ3v) is 5.46. The summed E-state index contributed by atoms with van der Waals surface area (Å²) in [6.45, 7) is 0.537. The number of carbonyl (C=O) groups excluding carboxylic acids is 1. The molecule has 118 valence electrons. The molecule has 1 aromatic heterocycles. The molecule has 2 heterocycles. The van der Waals surface area contributed by atoms with Crippen molar-refractivity contribution < 1.29 is 4.79 Å². The highest BCUT2D eigenvalue weighted by molar-refractivity contribution is 7.12. The van der Waals surface area contributed by atoms with E-state index in [1.807, 2.05) is 72.1 Å². The average Bonchev–Trinajstić information content (AvgIpc) is 3.24. The van der Waals surface area contributed by atoms with Crippen LogP contribution in [0.25, 0.3) is 10.6 Å². The van der Waals surface area contributed by atoms with Gasteiger partial charge in [0.05, 0.1) is 22.8 Å². The predicted octanol–water partition coefficient (Wildman–Crippen LogP) is 5.40. The molecule has 3 aromatic rings. The van der Waals surface area contributed by atoms with Crippen molar-refractivity contribution in [1.82, 2.24) is 0 Å². The number of hydrogen-bond donors (Lipinski definition) is 0. The zero-order chi connectivity index (χ0) is 16.5. The third kappa shape index (κ3) is 2.56. The molecule has 0 saturated carbocycles. The van der Waals surface area contributed by atoms with Crippen LogP contribution in [0.4, 0.5) is 5.69 Å². The second-order valence-corrected chi connectivity index (χ2v) is 6.89. The highest BCUT2D eigenvalue weighted by atomic mass is 35.5. The van der Waals surface area contributed by atoms with Crippen LogP contribution in [0.5, 0.6) is 0 Å². The van der Waals surface area contributed by atoms with Gasteiger partial charge in [0.2, 0.25) is 0 Å². The minimum absolute atomic E-state index is 0.0431. The van der Waals surface area contributed by atoms with E-state index in [9.17, 15) is 4.79 Å². The molecule has 4 rings (SSSR count). The number of hydrogen-bond acceptors (Lipinski definition) is 2. The quantitative estimate of drug-likeness (QED) is 0.578. The van der Waals surface area contributed by atoms with Gasteiger partial charge < -0.3 is 4.90 Å². The van der Waals surface area contributed by atoms with Gasteiger partial charge in [-0.2, -0.15) is 0 Å². The van der Waals surface area contributed by atoms with Crippen LogP contribution < -0.4 is 4.90 Å². The lowest BCUT2D eigenvalue weighted by atomic mass is 10.1. The molecule has 0 bridgehead atoms. The van der Waals surface area contributed by atoms with Gasteiger partial charge in [0.25, 0.3) is 5.91 Å². The summed E-state index contributed by atoms with van der Waals surface area (Å²) in [5.41, 5.74) is 3.49. The lowest BCUT2D eigenvalue weighted by Crippen LogP contribution is -2.25. The smallest absolute Gasteiger partial charge is 0.260 e. The number of halogens is 1. The summed E-state index contributed by atoms with van der Waals surface area (Å²) in [6, 6.07) is 21.7. The maximum atomic E-state index is 13.1. The molecule has 24 heavy (non-hydrogen) atoms. The minimum Gasteiger partial charge on any atom is -0.303 e. The van der Waals surface area contributed by atoms with Gasteiger partial charge in [0.15, 0.2) is 0 Å². The molecule has 4 heteroatoms. The molecule has 0 aliphatic carbocycles. The van der Waals surface area contributed by atoms with Gasteiger partial charge in [0.1, 0.15) is 0 Å². The van der Waals surface area contributed by atoms with Crippen molar-refractivity contribution in [2.75, 3.05) is 4.90 Å². The maximum absolute atomic E-state index is 13.1. The van der Waals surface area contributed by atoms with Gasteiger partial charge in [-0.25, -0.2) is 0 Å². The molecule has 2 nitrogen and oxygen atoms in total. The first kappa shape index (κ1) is 15.2. The van der Waals surface area contributed by atoms with E-state index in [2.05, 4.69) is 0 Å². The van der Waals surface area contributed by atoms with Crippen molar-refractivity contribution in [1.29, 1.82) is 0 Å². The third-order valence-electron chi connectivity index (χ3n) is 4.06. The Morgan fingerprint density at radius 3 is 2.46 bits per heavy atom. The first-order valence-corrected chi connectivity index (χ1v) is 8.90. The Balaban J connectivity index is 1.82. The fourth-order valence-corrected chi connectivity index (χ4v) is 3.99. The molecule has 1 aliphatic heterocycles. The number of amides is 1. The van der Waals surface area contributed by atoms with Crippen molar-refractivity contribution >= 4 is 45.1 Å². The second kappa shape index (κ2) is 6.27. The molecule has 0 unspecified atom stereocenters. The zero-order valence-corrected chi connectivity index (χ0v) is 14.3. The van der Waals surface area contributed by atoms with E-state index in [0.29, 0.717) is 17.2 Å². The van der Waals surface area contributed by atoms with E-state index in [0.717, 1.165) is 21.7 Å². The number of nitrogens with zero attached hydrogens (tertiary/aromatic N) is 1. The van der Waals surface area contributed by atoms with Crippen molar-refractivity contribution in [3.63, 3.8) is 0 Å². The summed E-state index contributed by atoms with van der Waals surface area (Å²) >= 11 is 8.13. The molecule has 0 fully saturated rings. The molecular weight excluding hydrogens is 338 g/mol. The Labute approximate surface area is 149 Å². The molecule has 0 atom stereocenters. The summed E-state index contributed by atoms with van der Waals surface area (Å²) in [5.74, 6) is -0.0431. The largest absolute Gasteiger partial charge is 0.303 e. The van der Waals surface area contributed by atoms with Crippen molar-refractivity contribution in [3.8, 4) is 0 Å². The van der Waals surface area contributed by atoms with Gasteiger partial charge in [-0.15, -0.1) is 11.3 Å². The number of carbonyl (C=O) groups is 1. The van der Waals surface area contributed by atoms with E-state index in [1.54, 1.807) is 4.90 Å². The van der Waals surface area contributed by atoms with Gasteiger partial charge >= 0.3 is 0 Å². The molecule has 0 spiro atoms. The van der Waals surface area contributed by atoms with Crippen LogP contribution in [0.1, 0.15) is 16.0 Å². The molecule has 1 aliphatic rings. The standard InChI is InChI=1S/C20H14ClNOS/c21-19(17-11-6-12-24-17)18-15-9-4-5-10-16(15)22(20(18)23)13-14-7-2-1-3-8-14/h1-12H,13H2/b19-18-. The Bertz CT molecular complexity index is 916.